The zero-order valence-electron chi connectivity index (χ0n) is 13.8. The molecular formula is C17H23N5O. The Morgan fingerprint density at radius 1 is 1.22 bits per heavy atom. The molecule has 23 heavy (non-hydrogen) atoms. The Balaban J connectivity index is 1.55. The summed E-state index contributed by atoms with van der Waals surface area (Å²) in [5, 5.41) is 0. The summed E-state index contributed by atoms with van der Waals surface area (Å²) in [6.45, 7) is 7.47. The Bertz CT molecular complexity index is 705. The van der Waals surface area contributed by atoms with E-state index in [4.69, 9.17) is 0 Å². The lowest BCUT2D eigenvalue weighted by atomic mass is 9.96. The van der Waals surface area contributed by atoms with Gasteiger partial charge < -0.3 is 0 Å². The van der Waals surface area contributed by atoms with Gasteiger partial charge in [0.2, 0.25) is 0 Å². The fourth-order valence-corrected chi connectivity index (χ4v) is 3.05. The quantitative estimate of drug-likeness (QED) is 0.857. The van der Waals surface area contributed by atoms with Crippen molar-refractivity contribution in [3.8, 4) is 0 Å². The second-order valence-corrected chi connectivity index (χ2v) is 6.33. The number of rotatable bonds is 4. The molecule has 3 heterocycles. The van der Waals surface area contributed by atoms with Crippen LogP contribution in [-0.4, -0.2) is 37.5 Å². The van der Waals surface area contributed by atoms with Crippen LogP contribution in [0.25, 0.3) is 0 Å². The van der Waals surface area contributed by atoms with Gasteiger partial charge in [0.25, 0.3) is 5.56 Å². The Morgan fingerprint density at radius 3 is 2.70 bits per heavy atom. The first-order chi connectivity index (χ1) is 11.1. The van der Waals surface area contributed by atoms with E-state index in [0.717, 1.165) is 56.0 Å². The number of nitrogens with zero attached hydrogens (tertiary/aromatic N) is 5. The van der Waals surface area contributed by atoms with Crippen LogP contribution in [0.15, 0.2) is 29.7 Å². The summed E-state index contributed by atoms with van der Waals surface area (Å²) < 4.78 is 1.77. The average Bonchev–Trinajstić information content (AvgIpc) is 2.58. The smallest absolute Gasteiger partial charge is 0.256 e. The van der Waals surface area contributed by atoms with Crippen LogP contribution in [0.4, 0.5) is 0 Å². The highest BCUT2D eigenvalue weighted by molar-refractivity contribution is 5.12. The topological polar surface area (TPSA) is 63.9 Å². The highest BCUT2D eigenvalue weighted by Gasteiger charge is 2.20. The van der Waals surface area contributed by atoms with Gasteiger partial charge in [-0.25, -0.2) is 15.0 Å². The zero-order valence-corrected chi connectivity index (χ0v) is 13.8. The van der Waals surface area contributed by atoms with Gasteiger partial charge in [-0.3, -0.25) is 14.3 Å². The third-order valence-electron chi connectivity index (χ3n) is 4.71. The van der Waals surface area contributed by atoms with Crippen molar-refractivity contribution in [3.63, 3.8) is 0 Å². The van der Waals surface area contributed by atoms with Crippen molar-refractivity contribution in [1.82, 2.24) is 24.4 Å². The standard InChI is InChI=1S/C17H23N5O/c1-13-14(2)20-12-22(17(13)23)9-15-4-7-21(8-5-15)10-16-3-6-18-11-19-16/h3,6,11-12,15H,4-5,7-10H2,1-2H3. The fourth-order valence-electron chi connectivity index (χ4n) is 3.05. The van der Waals surface area contributed by atoms with E-state index in [1.165, 1.54) is 0 Å². The van der Waals surface area contributed by atoms with E-state index in [-0.39, 0.29) is 5.56 Å². The summed E-state index contributed by atoms with van der Waals surface area (Å²) in [5.41, 5.74) is 2.74. The molecule has 0 bridgehead atoms. The summed E-state index contributed by atoms with van der Waals surface area (Å²) in [7, 11) is 0. The summed E-state index contributed by atoms with van der Waals surface area (Å²) in [6.07, 6.45) is 7.28. The highest BCUT2D eigenvalue weighted by atomic mass is 16.1. The summed E-state index contributed by atoms with van der Waals surface area (Å²) >= 11 is 0. The van der Waals surface area contributed by atoms with Gasteiger partial charge in [-0.1, -0.05) is 0 Å². The minimum absolute atomic E-state index is 0.0981. The van der Waals surface area contributed by atoms with Crippen molar-refractivity contribution in [3.05, 3.63) is 52.2 Å². The van der Waals surface area contributed by atoms with Crippen LogP contribution in [0.2, 0.25) is 0 Å². The van der Waals surface area contributed by atoms with Crippen LogP contribution in [0.1, 0.15) is 29.8 Å². The second-order valence-electron chi connectivity index (χ2n) is 6.33. The first-order valence-corrected chi connectivity index (χ1v) is 8.13. The van der Waals surface area contributed by atoms with Crippen LogP contribution in [-0.2, 0) is 13.1 Å². The van der Waals surface area contributed by atoms with Crippen LogP contribution < -0.4 is 5.56 Å². The molecule has 0 N–H and O–H groups in total. The Morgan fingerprint density at radius 2 is 2.00 bits per heavy atom. The zero-order chi connectivity index (χ0) is 16.2. The van der Waals surface area contributed by atoms with Gasteiger partial charge in [-0.15, -0.1) is 0 Å². The number of aromatic nitrogens is 4. The number of piperidine rings is 1. The molecule has 3 rings (SSSR count). The number of likely N-dealkylation sites (tertiary alicyclic amines) is 1. The van der Waals surface area contributed by atoms with Crippen molar-refractivity contribution in [2.75, 3.05) is 13.1 Å². The molecule has 0 atom stereocenters. The average molecular weight is 313 g/mol. The third kappa shape index (κ3) is 3.82. The van der Waals surface area contributed by atoms with E-state index in [2.05, 4.69) is 19.9 Å². The van der Waals surface area contributed by atoms with E-state index in [0.29, 0.717) is 5.92 Å². The normalized spacial score (nSPS) is 16.6. The van der Waals surface area contributed by atoms with E-state index >= 15 is 0 Å². The molecule has 6 heteroatoms. The van der Waals surface area contributed by atoms with Gasteiger partial charge in [-0.05, 0) is 51.8 Å². The Kier molecular flexibility index (Phi) is 4.81. The van der Waals surface area contributed by atoms with Gasteiger partial charge in [0.05, 0.1) is 12.0 Å². The Labute approximate surface area is 136 Å². The SMILES string of the molecule is Cc1ncn(CC2CCN(Cc3ccncn3)CC2)c(=O)c1C. The number of hydrogen-bond donors (Lipinski definition) is 0. The van der Waals surface area contributed by atoms with Crippen LogP contribution in [0, 0.1) is 19.8 Å². The molecule has 0 aromatic carbocycles. The van der Waals surface area contributed by atoms with Gasteiger partial charge in [0.1, 0.15) is 6.33 Å². The molecule has 2 aromatic rings. The minimum Gasteiger partial charge on any atom is -0.299 e. The van der Waals surface area contributed by atoms with Crippen molar-refractivity contribution >= 4 is 0 Å². The van der Waals surface area contributed by atoms with E-state index in [1.807, 2.05) is 19.9 Å². The molecule has 122 valence electrons. The summed E-state index contributed by atoms with van der Waals surface area (Å²) in [5.74, 6) is 0.540. The molecule has 0 spiro atoms. The molecule has 0 unspecified atom stereocenters. The van der Waals surface area contributed by atoms with Gasteiger partial charge >= 0.3 is 0 Å². The van der Waals surface area contributed by atoms with Crippen LogP contribution in [0.5, 0.6) is 0 Å². The number of aryl methyl sites for hydroxylation is 1. The predicted molar refractivity (Wildman–Crippen MR) is 88.0 cm³/mol. The van der Waals surface area contributed by atoms with Crippen molar-refractivity contribution in [2.45, 2.75) is 39.8 Å². The third-order valence-corrected chi connectivity index (χ3v) is 4.71. The van der Waals surface area contributed by atoms with Crippen molar-refractivity contribution in [2.24, 2.45) is 5.92 Å². The highest BCUT2D eigenvalue weighted by Crippen LogP contribution is 2.19. The van der Waals surface area contributed by atoms with Gasteiger partial charge in [-0.2, -0.15) is 0 Å². The molecule has 0 amide bonds. The molecular weight excluding hydrogens is 290 g/mol. The lowest BCUT2D eigenvalue weighted by Crippen LogP contribution is -2.36. The van der Waals surface area contributed by atoms with E-state index < -0.39 is 0 Å². The molecule has 6 nitrogen and oxygen atoms in total. The van der Waals surface area contributed by atoms with Crippen molar-refractivity contribution < 1.29 is 0 Å². The first-order valence-electron chi connectivity index (χ1n) is 8.13. The first kappa shape index (κ1) is 15.8. The molecule has 0 saturated carbocycles. The monoisotopic (exact) mass is 313 g/mol. The molecule has 1 aliphatic rings. The molecule has 2 aromatic heterocycles. The van der Waals surface area contributed by atoms with Gasteiger partial charge in [0, 0.05) is 30.5 Å². The fraction of sp³-hybridized carbons (Fsp3) is 0.529. The maximum absolute atomic E-state index is 12.3. The summed E-state index contributed by atoms with van der Waals surface area (Å²) in [6, 6.07) is 1.96. The predicted octanol–water partition coefficient (Wildman–Crippen LogP) is 1.56. The van der Waals surface area contributed by atoms with E-state index in [1.54, 1.807) is 23.4 Å². The molecule has 0 aliphatic carbocycles. The maximum Gasteiger partial charge on any atom is 0.256 e. The van der Waals surface area contributed by atoms with Gasteiger partial charge in [0.15, 0.2) is 0 Å². The number of hydrogen-bond acceptors (Lipinski definition) is 5. The largest absolute Gasteiger partial charge is 0.299 e. The maximum atomic E-state index is 12.3. The van der Waals surface area contributed by atoms with Crippen LogP contribution >= 0.6 is 0 Å². The molecule has 0 radical (unpaired) electrons. The van der Waals surface area contributed by atoms with Crippen LogP contribution in [0.3, 0.4) is 0 Å². The van der Waals surface area contributed by atoms with E-state index in [9.17, 15) is 4.79 Å². The molecule has 1 aliphatic heterocycles. The lowest BCUT2D eigenvalue weighted by molar-refractivity contribution is 0.164. The lowest BCUT2D eigenvalue weighted by Gasteiger charge is -2.31. The summed E-state index contributed by atoms with van der Waals surface area (Å²) in [4.78, 5) is 27.2. The molecule has 1 fully saturated rings. The second kappa shape index (κ2) is 7.00. The van der Waals surface area contributed by atoms with Crippen molar-refractivity contribution in [1.29, 1.82) is 0 Å². The minimum atomic E-state index is 0.0981. The Hall–Kier alpha value is -2.08. The molecule has 1 saturated heterocycles.